The first-order valence-corrected chi connectivity index (χ1v) is 11.7. The lowest BCUT2D eigenvalue weighted by molar-refractivity contribution is -0.129. The number of halogens is 6. The van der Waals surface area contributed by atoms with Gasteiger partial charge in [-0.3, -0.25) is 0 Å². The smallest absolute Gasteiger partial charge is 0.207 e. The highest BCUT2D eigenvalue weighted by molar-refractivity contribution is 7.99. The highest BCUT2D eigenvalue weighted by Gasteiger charge is 2.36. The Kier molecular flexibility index (Phi) is 6.39. The quantitative estimate of drug-likeness (QED) is 0.256. The molecule has 0 nitrogen and oxygen atoms in total. The van der Waals surface area contributed by atoms with Gasteiger partial charge in [0.2, 0.25) is 0 Å². The van der Waals surface area contributed by atoms with Gasteiger partial charge in [-0.25, -0.2) is 13.2 Å². The maximum absolute atomic E-state index is 14.8. The Morgan fingerprint density at radius 2 is 1.71 bits per heavy atom. The van der Waals surface area contributed by atoms with Crippen molar-refractivity contribution in [3.63, 3.8) is 0 Å². The van der Waals surface area contributed by atoms with Gasteiger partial charge < -0.3 is 0 Å². The Morgan fingerprint density at radius 1 is 1.03 bits per heavy atom. The van der Waals surface area contributed by atoms with E-state index in [9.17, 15) is 26.3 Å². The fourth-order valence-corrected chi connectivity index (χ4v) is 6.08. The monoisotopic (exact) mass is 456 g/mol. The topological polar surface area (TPSA) is 0 Å². The van der Waals surface area contributed by atoms with Gasteiger partial charge in [-0.1, -0.05) is 36.7 Å². The number of hydrogen-bond donors (Lipinski definition) is 0. The molecule has 0 saturated carbocycles. The number of benzene rings is 2. The van der Waals surface area contributed by atoms with Crippen LogP contribution in [0.2, 0.25) is 12.6 Å². The van der Waals surface area contributed by atoms with E-state index in [0.717, 1.165) is 67.2 Å². The molecule has 166 valence electrons. The third kappa shape index (κ3) is 4.64. The summed E-state index contributed by atoms with van der Waals surface area (Å²) in [6, 6.07) is 3.52. The number of alkyl halides is 3. The summed E-state index contributed by atoms with van der Waals surface area (Å²) < 4.78 is 82.0. The highest BCUT2D eigenvalue weighted by atomic mass is 32.2. The van der Waals surface area contributed by atoms with Crippen LogP contribution in [-0.4, -0.2) is 18.6 Å². The van der Waals surface area contributed by atoms with E-state index in [1.807, 2.05) is 6.07 Å². The van der Waals surface area contributed by atoms with Gasteiger partial charge in [0.15, 0.2) is 18.3 Å². The van der Waals surface area contributed by atoms with E-state index in [-0.39, 0.29) is 5.75 Å². The third-order valence-electron chi connectivity index (χ3n) is 6.25. The van der Waals surface area contributed by atoms with Gasteiger partial charge in [-0.15, -0.1) is 11.8 Å². The van der Waals surface area contributed by atoms with Crippen molar-refractivity contribution in [3.8, 4) is 0 Å². The molecule has 2 aliphatic rings. The van der Waals surface area contributed by atoms with E-state index in [2.05, 4.69) is 6.92 Å². The Balaban J connectivity index is 1.86. The molecule has 1 aliphatic carbocycles. The van der Waals surface area contributed by atoms with Gasteiger partial charge in [0.1, 0.15) is 5.82 Å². The van der Waals surface area contributed by atoms with Crippen LogP contribution in [-0.2, 0) is 19.3 Å². The fraction of sp³-hybridized carbons (Fsp3) is 0.478. The first-order chi connectivity index (χ1) is 14.7. The Labute approximate surface area is 182 Å². The molecule has 0 spiro atoms. The Hall–Kier alpha value is -1.57. The molecule has 31 heavy (non-hydrogen) atoms. The maximum Gasteiger partial charge on any atom is 0.389 e. The van der Waals surface area contributed by atoms with Crippen molar-refractivity contribution in [2.45, 2.75) is 63.1 Å². The molecule has 1 saturated heterocycles. The average Bonchev–Trinajstić information content (AvgIpc) is 3.44. The summed E-state index contributed by atoms with van der Waals surface area (Å²) in [5.41, 5.74) is 4.76. The molecule has 1 fully saturated rings. The minimum absolute atomic E-state index is 0.355. The predicted molar refractivity (Wildman–Crippen MR) is 114 cm³/mol. The fourth-order valence-electron chi connectivity index (χ4n) is 4.73. The van der Waals surface area contributed by atoms with Gasteiger partial charge >= 0.3 is 6.18 Å². The molecule has 0 amide bonds. The van der Waals surface area contributed by atoms with Crippen LogP contribution in [0.5, 0.6) is 0 Å². The normalized spacial score (nSPS) is 16.5. The van der Waals surface area contributed by atoms with Crippen LogP contribution in [0.4, 0.5) is 26.3 Å². The van der Waals surface area contributed by atoms with E-state index < -0.39 is 40.9 Å². The third-order valence-corrected chi connectivity index (χ3v) is 7.52. The van der Waals surface area contributed by atoms with E-state index in [4.69, 9.17) is 0 Å². The average molecular weight is 456 g/mol. The SMILES string of the molecule is CCc1c(B2CC2)cc(C(SCCC(F)(F)F)c2c(F)ccc(F)c2F)c2c1CCC2. The summed E-state index contributed by atoms with van der Waals surface area (Å²) in [4.78, 5) is 0. The largest absolute Gasteiger partial charge is 0.389 e. The second kappa shape index (κ2) is 8.76. The minimum Gasteiger partial charge on any atom is -0.207 e. The van der Waals surface area contributed by atoms with Gasteiger partial charge in [0.05, 0.1) is 11.7 Å². The van der Waals surface area contributed by atoms with Gasteiger partial charge in [0, 0.05) is 11.3 Å². The zero-order valence-electron chi connectivity index (χ0n) is 17.2. The van der Waals surface area contributed by atoms with E-state index in [1.165, 1.54) is 11.1 Å². The first kappa shape index (κ1) is 22.6. The molecule has 1 atom stereocenters. The van der Waals surface area contributed by atoms with Crippen LogP contribution in [0.3, 0.4) is 0 Å². The molecule has 4 rings (SSSR count). The van der Waals surface area contributed by atoms with Crippen molar-refractivity contribution in [3.05, 3.63) is 63.5 Å². The van der Waals surface area contributed by atoms with Crippen LogP contribution in [0.15, 0.2) is 18.2 Å². The summed E-state index contributed by atoms with van der Waals surface area (Å²) in [5, 5.41) is -1.02. The molecule has 8 heteroatoms. The predicted octanol–water partition coefficient (Wildman–Crippen LogP) is 6.65. The lowest BCUT2D eigenvalue weighted by atomic mass is 9.60. The standard InChI is InChI=1S/C23H23BF6S/c1-2-13-14-4-3-5-15(14)16(12-17(13)24-9-10-24)22(31-11-8-23(28,29)30)20-18(25)6-7-19(26)21(20)27/h6-7,12,22H,2-5,8-11H2,1H3. The summed E-state index contributed by atoms with van der Waals surface area (Å²) in [5.74, 6) is -3.79. The molecule has 1 unspecified atom stereocenters. The first-order valence-electron chi connectivity index (χ1n) is 10.7. The van der Waals surface area contributed by atoms with Gasteiger partial charge in [-0.2, -0.15) is 13.2 Å². The van der Waals surface area contributed by atoms with E-state index in [0.29, 0.717) is 18.3 Å². The molecule has 0 radical (unpaired) electrons. The molecule has 2 aromatic carbocycles. The minimum atomic E-state index is -4.37. The van der Waals surface area contributed by atoms with Crippen molar-refractivity contribution < 1.29 is 26.3 Å². The Bertz CT molecular complexity index is 983. The molecule has 0 aromatic heterocycles. The lowest BCUT2D eigenvalue weighted by Crippen LogP contribution is -2.25. The second-order valence-corrected chi connectivity index (χ2v) is 9.56. The van der Waals surface area contributed by atoms with Crippen LogP contribution >= 0.6 is 11.8 Å². The Morgan fingerprint density at radius 3 is 2.35 bits per heavy atom. The van der Waals surface area contributed by atoms with Gasteiger partial charge in [-0.05, 0) is 54.5 Å². The molecule has 2 aromatic rings. The summed E-state index contributed by atoms with van der Waals surface area (Å²) in [7, 11) is 0. The summed E-state index contributed by atoms with van der Waals surface area (Å²) in [6.07, 6.45) is -0.0288. The molecule has 1 aliphatic heterocycles. The van der Waals surface area contributed by atoms with Crippen LogP contribution in [0.1, 0.15) is 52.8 Å². The van der Waals surface area contributed by atoms with Crippen molar-refractivity contribution in [1.29, 1.82) is 0 Å². The second-order valence-electron chi connectivity index (χ2n) is 8.34. The number of fused-ring (bicyclic) bond motifs is 1. The van der Waals surface area contributed by atoms with Crippen LogP contribution < -0.4 is 5.46 Å². The van der Waals surface area contributed by atoms with Crippen molar-refractivity contribution in [2.24, 2.45) is 0 Å². The van der Waals surface area contributed by atoms with Crippen LogP contribution in [0.25, 0.3) is 0 Å². The molecular weight excluding hydrogens is 433 g/mol. The maximum atomic E-state index is 14.8. The molecule has 1 heterocycles. The van der Waals surface area contributed by atoms with Crippen molar-refractivity contribution >= 4 is 23.9 Å². The highest BCUT2D eigenvalue weighted by Crippen LogP contribution is 2.45. The van der Waals surface area contributed by atoms with Crippen LogP contribution in [0, 0.1) is 17.5 Å². The zero-order chi connectivity index (χ0) is 22.3. The number of rotatable bonds is 7. The van der Waals surface area contributed by atoms with E-state index >= 15 is 0 Å². The number of thioether (sulfide) groups is 1. The molecular formula is C23H23BF6S. The molecule has 0 bridgehead atoms. The van der Waals surface area contributed by atoms with Gasteiger partial charge in [0.25, 0.3) is 0 Å². The summed E-state index contributed by atoms with van der Waals surface area (Å²) >= 11 is 0.845. The van der Waals surface area contributed by atoms with E-state index in [1.54, 1.807) is 0 Å². The van der Waals surface area contributed by atoms with Crippen molar-refractivity contribution in [2.75, 3.05) is 5.75 Å². The lowest BCUT2D eigenvalue weighted by Gasteiger charge is -2.25. The summed E-state index contributed by atoms with van der Waals surface area (Å²) in [6.45, 7) is 2.48. The molecule has 0 N–H and O–H groups in total. The zero-order valence-corrected chi connectivity index (χ0v) is 18.0. The number of hydrogen-bond acceptors (Lipinski definition) is 1. The van der Waals surface area contributed by atoms with Crippen molar-refractivity contribution in [1.82, 2.24) is 0 Å².